The van der Waals surface area contributed by atoms with Crippen molar-refractivity contribution in [1.29, 1.82) is 0 Å². The Kier molecular flexibility index (Phi) is 3.47. The van der Waals surface area contributed by atoms with Gasteiger partial charge in [0.15, 0.2) is 5.13 Å². The number of nitrogens with zero attached hydrogens (tertiary/aromatic N) is 1. The van der Waals surface area contributed by atoms with Crippen LogP contribution in [0.4, 0.5) is 10.9 Å². The third-order valence-electron chi connectivity index (χ3n) is 1.48. The highest BCUT2D eigenvalue weighted by Crippen LogP contribution is 2.23. The molecular weight excluding hydrogens is 200 g/mol. The zero-order chi connectivity index (χ0) is 10.6. The van der Waals surface area contributed by atoms with Crippen LogP contribution in [0.3, 0.4) is 0 Å². The smallest absolute Gasteiger partial charge is 0.265 e. The lowest BCUT2D eigenvalue weighted by Gasteiger charge is -1.98. The van der Waals surface area contributed by atoms with Crippen LogP contribution in [0.15, 0.2) is 12.7 Å². The van der Waals surface area contributed by atoms with Gasteiger partial charge in [-0.2, -0.15) is 0 Å². The number of aromatic nitrogens is 1. The van der Waals surface area contributed by atoms with Gasteiger partial charge in [0.2, 0.25) is 0 Å². The van der Waals surface area contributed by atoms with E-state index in [1.54, 1.807) is 13.1 Å². The van der Waals surface area contributed by atoms with Crippen molar-refractivity contribution in [3.8, 4) is 0 Å². The molecule has 0 atom stereocenters. The first kappa shape index (κ1) is 10.5. The zero-order valence-electron chi connectivity index (χ0n) is 7.83. The fourth-order valence-electron chi connectivity index (χ4n) is 0.847. The summed E-state index contributed by atoms with van der Waals surface area (Å²) in [4.78, 5) is 15.8. The van der Waals surface area contributed by atoms with Crippen LogP contribution in [0.2, 0.25) is 0 Å². The molecular formula is C8H12N4OS. The number of hydrogen-bond donors (Lipinski definition) is 3. The minimum atomic E-state index is -0.221. The second kappa shape index (κ2) is 4.61. The number of carbonyl (C=O) groups excluding carboxylic acids is 1. The first-order valence-corrected chi connectivity index (χ1v) is 4.83. The van der Waals surface area contributed by atoms with Crippen molar-refractivity contribution in [2.45, 2.75) is 0 Å². The molecule has 1 heterocycles. The molecule has 4 N–H and O–H groups in total. The Morgan fingerprint density at radius 2 is 2.50 bits per heavy atom. The maximum Gasteiger partial charge on any atom is 0.265 e. The quantitative estimate of drug-likeness (QED) is 0.641. The summed E-state index contributed by atoms with van der Waals surface area (Å²) >= 11 is 1.22. The van der Waals surface area contributed by atoms with Crippen LogP contribution in [0.5, 0.6) is 0 Å². The van der Waals surface area contributed by atoms with Gasteiger partial charge < -0.3 is 16.4 Å². The molecule has 0 aliphatic heterocycles. The molecule has 0 aliphatic carbocycles. The van der Waals surface area contributed by atoms with E-state index in [9.17, 15) is 4.79 Å². The maximum absolute atomic E-state index is 11.5. The summed E-state index contributed by atoms with van der Waals surface area (Å²) < 4.78 is 0. The van der Waals surface area contributed by atoms with Gasteiger partial charge in [0.05, 0.1) is 0 Å². The summed E-state index contributed by atoms with van der Waals surface area (Å²) in [7, 11) is 1.73. The highest BCUT2D eigenvalue weighted by Gasteiger charge is 2.14. The van der Waals surface area contributed by atoms with E-state index < -0.39 is 0 Å². The molecule has 1 amide bonds. The van der Waals surface area contributed by atoms with Crippen molar-refractivity contribution in [1.82, 2.24) is 10.3 Å². The predicted octanol–water partition coefficient (Wildman–Crippen LogP) is 0.683. The molecule has 5 nitrogen and oxygen atoms in total. The van der Waals surface area contributed by atoms with Crippen molar-refractivity contribution in [3.05, 3.63) is 17.5 Å². The van der Waals surface area contributed by atoms with Gasteiger partial charge in [-0.25, -0.2) is 4.98 Å². The van der Waals surface area contributed by atoms with Crippen molar-refractivity contribution in [2.24, 2.45) is 0 Å². The molecule has 0 saturated carbocycles. The molecule has 14 heavy (non-hydrogen) atoms. The molecule has 0 aliphatic rings. The van der Waals surface area contributed by atoms with Crippen LogP contribution in [0.25, 0.3) is 0 Å². The average molecular weight is 212 g/mol. The molecule has 6 heteroatoms. The SMILES string of the molecule is C=CCNC(=O)c1sc(NC)nc1N. The number of nitrogens with two attached hydrogens (primary N) is 1. The number of nitrogen functional groups attached to an aromatic ring is 1. The fraction of sp³-hybridized carbons (Fsp3) is 0.250. The van der Waals surface area contributed by atoms with Gasteiger partial charge in [0.1, 0.15) is 10.7 Å². The van der Waals surface area contributed by atoms with E-state index in [2.05, 4.69) is 22.2 Å². The van der Waals surface area contributed by atoms with Crippen molar-refractivity contribution in [2.75, 3.05) is 24.6 Å². The molecule has 0 unspecified atom stereocenters. The van der Waals surface area contributed by atoms with Crippen LogP contribution < -0.4 is 16.4 Å². The van der Waals surface area contributed by atoms with Gasteiger partial charge in [0.25, 0.3) is 5.91 Å². The number of thiazole rings is 1. The highest BCUT2D eigenvalue weighted by molar-refractivity contribution is 7.18. The van der Waals surface area contributed by atoms with Crippen molar-refractivity contribution >= 4 is 28.2 Å². The molecule has 0 bridgehead atoms. The van der Waals surface area contributed by atoms with Crippen molar-refractivity contribution in [3.63, 3.8) is 0 Å². The fourth-order valence-corrected chi connectivity index (χ4v) is 1.60. The Morgan fingerprint density at radius 1 is 1.79 bits per heavy atom. The lowest BCUT2D eigenvalue weighted by molar-refractivity contribution is 0.0962. The summed E-state index contributed by atoms with van der Waals surface area (Å²) in [6, 6.07) is 0. The highest BCUT2D eigenvalue weighted by atomic mass is 32.1. The van der Waals surface area contributed by atoms with Gasteiger partial charge in [-0.3, -0.25) is 4.79 Å². The third-order valence-corrected chi connectivity index (χ3v) is 2.57. The molecule has 0 saturated heterocycles. The summed E-state index contributed by atoms with van der Waals surface area (Å²) in [5, 5.41) is 6.09. The van der Waals surface area contributed by atoms with Crippen LogP contribution in [-0.2, 0) is 0 Å². The predicted molar refractivity (Wildman–Crippen MR) is 58.6 cm³/mol. The van der Waals surface area contributed by atoms with E-state index in [1.807, 2.05) is 0 Å². The second-order valence-corrected chi connectivity index (χ2v) is 3.48. The largest absolute Gasteiger partial charge is 0.382 e. The van der Waals surface area contributed by atoms with Gasteiger partial charge >= 0.3 is 0 Å². The minimum Gasteiger partial charge on any atom is -0.382 e. The van der Waals surface area contributed by atoms with Gasteiger partial charge in [-0.05, 0) is 0 Å². The Labute approximate surface area is 86.0 Å². The molecule has 0 aromatic carbocycles. The number of anilines is 2. The molecule has 0 fully saturated rings. The third kappa shape index (κ3) is 2.23. The second-order valence-electron chi connectivity index (χ2n) is 2.48. The molecule has 1 aromatic heterocycles. The number of carbonyl (C=O) groups is 1. The molecule has 1 rings (SSSR count). The van der Waals surface area contributed by atoms with Crippen LogP contribution in [-0.4, -0.2) is 24.5 Å². The Morgan fingerprint density at radius 3 is 3.00 bits per heavy atom. The minimum absolute atomic E-state index is 0.221. The number of hydrogen-bond acceptors (Lipinski definition) is 5. The lowest BCUT2D eigenvalue weighted by Crippen LogP contribution is -2.23. The Hall–Kier alpha value is -1.56. The summed E-state index contributed by atoms with van der Waals surface area (Å²) in [6.45, 7) is 3.92. The molecule has 76 valence electrons. The lowest BCUT2D eigenvalue weighted by atomic mass is 10.4. The molecule has 0 radical (unpaired) electrons. The van der Waals surface area contributed by atoms with Crippen LogP contribution in [0, 0.1) is 0 Å². The standard InChI is InChI=1S/C8H12N4OS/c1-3-4-11-7(13)5-6(9)12-8(10-2)14-5/h3H,1,4,9H2,2H3,(H,10,12)(H,11,13). The van der Waals surface area contributed by atoms with E-state index >= 15 is 0 Å². The first-order valence-electron chi connectivity index (χ1n) is 4.02. The van der Waals surface area contributed by atoms with Crippen LogP contribution in [0.1, 0.15) is 9.67 Å². The van der Waals surface area contributed by atoms with E-state index in [1.165, 1.54) is 11.3 Å². The first-order chi connectivity index (χ1) is 6.69. The average Bonchev–Trinajstić information content (AvgIpc) is 2.56. The molecule has 0 spiro atoms. The van der Waals surface area contributed by atoms with E-state index in [-0.39, 0.29) is 11.7 Å². The van der Waals surface area contributed by atoms with E-state index in [0.29, 0.717) is 16.6 Å². The summed E-state index contributed by atoms with van der Waals surface area (Å²) in [5.41, 5.74) is 5.56. The normalized spacial score (nSPS) is 9.50. The Balaban J connectivity index is 2.78. The Bertz CT molecular complexity index is 347. The maximum atomic E-state index is 11.5. The van der Waals surface area contributed by atoms with E-state index in [0.717, 1.165) is 0 Å². The topological polar surface area (TPSA) is 80.0 Å². The summed E-state index contributed by atoms with van der Waals surface area (Å²) in [6.07, 6.45) is 1.61. The van der Waals surface area contributed by atoms with Gasteiger partial charge in [0, 0.05) is 13.6 Å². The number of nitrogens with one attached hydrogen (secondary N) is 2. The summed E-state index contributed by atoms with van der Waals surface area (Å²) in [5.74, 6) is 0.0299. The van der Waals surface area contributed by atoms with Crippen LogP contribution >= 0.6 is 11.3 Å². The van der Waals surface area contributed by atoms with Gasteiger partial charge in [-0.1, -0.05) is 17.4 Å². The van der Waals surface area contributed by atoms with Gasteiger partial charge in [-0.15, -0.1) is 6.58 Å². The van der Waals surface area contributed by atoms with E-state index in [4.69, 9.17) is 5.73 Å². The monoisotopic (exact) mass is 212 g/mol. The molecule has 1 aromatic rings. The van der Waals surface area contributed by atoms with Crippen molar-refractivity contribution < 1.29 is 4.79 Å². The zero-order valence-corrected chi connectivity index (χ0v) is 8.65. The number of amides is 1. The number of rotatable bonds is 4.